The smallest absolute Gasteiger partial charge is 0.332 e. The number of aliphatic carboxylic acids is 2. The average Bonchev–Trinajstić information content (AvgIpc) is 2.47. The van der Waals surface area contributed by atoms with E-state index < -0.39 is 11.9 Å². The Kier molecular flexibility index (Phi) is 12.5. The van der Waals surface area contributed by atoms with Gasteiger partial charge in [-0.3, -0.25) is 0 Å². The Bertz CT molecular complexity index is 358. The van der Waals surface area contributed by atoms with Gasteiger partial charge in [0.15, 0.2) is 0 Å². The molecule has 0 saturated carbocycles. The van der Waals surface area contributed by atoms with Crippen molar-refractivity contribution in [3.63, 3.8) is 0 Å². The van der Waals surface area contributed by atoms with Gasteiger partial charge in [-0.2, -0.15) is 0 Å². The Hall–Kier alpha value is -1.32. The number of carboxylic acids is 2. The van der Waals surface area contributed by atoms with Crippen LogP contribution in [0.15, 0.2) is 11.1 Å². The summed E-state index contributed by atoms with van der Waals surface area (Å²) in [5, 5.41) is 18.2. The fourth-order valence-corrected chi connectivity index (χ4v) is 2.67. The standard InChI is InChI=1S/C18H32O4/c1-3-5-6-7-8-9-10-11-12-13-14-16(18(21)22)15(4-2)17(19)20/h3-14H2,1-2H3,(H,19,20)(H,21,22). The molecule has 0 atom stereocenters. The molecular formula is C18H32O4. The Morgan fingerprint density at radius 3 is 1.41 bits per heavy atom. The lowest BCUT2D eigenvalue weighted by Crippen LogP contribution is -2.11. The van der Waals surface area contributed by atoms with Gasteiger partial charge in [0.25, 0.3) is 0 Å². The Balaban J connectivity index is 3.88. The molecule has 128 valence electrons. The Morgan fingerprint density at radius 2 is 1.05 bits per heavy atom. The summed E-state index contributed by atoms with van der Waals surface area (Å²) in [4.78, 5) is 22.2. The van der Waals surface area contributed by atoms with Crippen LogP contribution in [0.4, 0.5) is 0 Å². The van der Waals surface area contributed by atoms with Gasteiger partial charge < -0.3 is 10.2 Å². The molecule has 0 aliphatic rings. The van der Waals surface area contributed by atoms with E-state index in [1.807, 2.05) is 0 Å². The van der Waals surface area contributed by atoms with Crippen LogP contribution in [0.1, 0.15) is 90.9 Å². The lowest BCUT2D eigenvalue weighted by molar-refractivity contribution is -0.136. The first-order valence-corrected chi connectivity index (χ1v) is 8.73. The van der Waals surface area contributed by atoms with Crippen molar-refractivity contribution in [2.45, 2.75) is 90.9 Å². The van der Waals surface area contributed by atoms with E-state index in [9.17, 15) is 9.59 Å². The zero-order chi connectivity index (χ0) is 16.8. The van der Waals surface area contributed by atoms with E-state index in [4.69, 9.17) is 10.2 Å². The van der Waals surface area contributed by atoms with Crippen molar-refractivity contribution in [2.75, 3.05) is 0 Å². The van der Waals surface area contributed by atoms with E-state index in [-0.39, 0.29) is 17.6 Å². The van der Waals surface area contributed by atoms with Crippen molar-refractivity contribution in [3.8, 4) is 0 Å². The van der Waals surface area contributed by atoms with Crippen LogP contribution in [0.25, 0.3) is 0 Å². The summed E-state index contributed by atoms with van der Waals surface area (Å²) in [5.41, 5.74) is 0.123. The molecule has 22 heavy (non-hydrogen) atoms. The van der Waals surface area contributed by atoms with Crippen LogP contribution in [0.5, 0.6) is 0 Å². The van der Waals surface area contributed by atoms with E-state index in [1.54, 1.807) is 6.92 Å². The minimum Gasteiger partial charge on any atom is -0.478 e. The number of unbranched alkanes of at least 4 members (excludes halogenated alkanes) is 9. The maximum Gasteiger partial charge on any atom is 0.332 e. The molecule has 0 aromatic rings. The highest BCUT2D eigenvalue weighted by molar-refractivity contribution is 5.98. The first-order chi connectivity index (χ1) is 10.5. The van der Waals surface area contributed by atoms with E-state index in [2.05, 4.69) is 6.92 Å². The van der Waals surface area contributed by atoms with Gasteiger partial charge in [0.05, 0.1) is 0 Å². The van der Waals surface area contributed by atoms with Crippen molar-refractivity contribution < 1.29 is 19.8 Å². The summed E-state index contributed by atoms with van der Waals surface area (Å²) in [6, 6.07) is 0. The van der Waals surface area contributed by atoms with Crippen LogP contribution < -0.4 is 0 Å². The van der Waals surface area contributed by atoms with Gasteiger partial charge in [0.1, 0.15) is 0 Å². The molecular weight excluding hydrogens is 280 g/mol. The molecule has 0 rings (SSSR count). The summed E-state index contributed by atoms with van der Waals surface area (Å²) >= 11 is 0. The largest absolute Gasteiger partial charge is 0.478 e. The van der Waals surface area contributed by atoms with Crippen molar-refractivity contribution in [1.82, 2.24) is 0 Å². The monoisotopic (exact) mass is 312 g/mol. The minimum atomic E-state index is -1.10. The normalized spacial score (nSPS) is 12.1. The van der Waals surface area contributed by atoms with Crippen molar-refractivity contribution >= 4 is 11.9 Å². The summed E-state index contributed by atoms with van der Waals surface area (Å²) in [5.74, 6) is -2.19. The maximum absolute atomic E-state index is 11.2. The third kappa shape index (κ3) is 9.59. The Labute approximate surface area is 134 Å². The number of carbonyl (C=O) groups is 2. The molecule has 0 aliphatic heterocycles. The third-order valence-electron chi connectivity index (χ3n) is 4.01. The second-order valence-corrected chi connectivity index (χ2v) is 5.85. The first-order valence-electron chi connectivity index (χ1n) is 8.73. The second-order valence-electron chi connectivity index (χ2n) is 5.85. The molecule has 0 heterocycles. The highest BCUT2D eigenvalue weighted by Crippen LogP contribution is 2.18. The summed E-state index contributed by atoms with van der Waals surface area (Å²) < 4.78 is 0. The molecule has 0 aromatic heterocycles. The van der Waals surface area contributed by atoms with Crippen LogP contribution in [0.2, 0.25) is 0 Å². The third-order valence-corrected chi connectivity index (χ3v) is 4.01. The predicted octanol–water partition coefficient (Wildman–Crippen LogP) is 5.17. The topological polar surface area (TPSA) is 74.6 Å². The predicted molar refractivity (Wildman–Crippen MR) is 89.0 cm³/mol. The lowest BCUT2D eigenvalue weighted by Gasteiger charge is -2.07. The van der Waals surface area contributed by atoms with Gasteiger partial charge in [0.2, 0.25) is 0 Å². The zero-order valence-corrected chi connectivity index (χ0v) is 14.2. The zero-order valence-electron chi connectivity index (χ0n) is 14.2. The molecule has 2 N–H and O–H groups in total. The number of rotatable bonds is 14. The number of carboxylic acid groups (broad SMARTS) is 2. The van der Waals surface area contributed by atoms with Crippen molar-refractivity contribution in [1.29, 1.82) is 0 Å². The van der Waals surface area contributed by atoms with Gasteiger partial charge >= 0.3 is 11.9 Å². The molecule has 0 amide bonds. The van der Waals surface area contributed by atoms with E-state index in [0.29, 0.717) is 6.42 Å². The van der Waals surface area contributed by atoms with Gasteiger partial charge in [-0.15, -0.1) is 0 Å². The van der Waals surface area contributed by atoms with E-state index >= 15 is 0 Å². The van der Waals surface area contributed by atoms with Crippen molar-refractivity contribution in [2.24, 2.45) is 0 Å². The molecule has 0 saturated heterocycles. The minimum absolute atomic E-state index is 0.0448. The molecule has 0 spiro atoms. The highest BCUT2D eigenvalue weighted by atomic mass is 16.4. The summed E-state index contributed by atoms with van der Waals surface area (Å²) in [7, 11) is 0. The fraction of sp³-hybridized carbons (Fsp3) is 0.778. The molecule has 4 heteroatoms. The summed E-state index contributed by atoms with van der Waals surface area (Å²) in [6.45, 7) is 3.90. The van der Waals surface area contributed by atoms with Crippen LogP contribution in [0.3, 0.4) is 0 Å². The maximum atomic E-state index is 11.2. The van der Waals surface area contributed by atoms with E-state index in [1.165, 1.54) is 44.9 Å². The Morgan fingerprint density at radius 1 is 0.636 bits per heavy atom. The number of hydrogen-bond acceptors (Lipinski definition) is 2. The first kappa shape index (κ1) is 20.7. The highest BCUT2D eigenvalue weighted by Gasteiger charge is 2.17. The van der Waals surface area contributed by atoms with E-state index in [0.717, 1.165) is 19.3 Å². The molecule has 0 aliphatic carbocycles. The molecule has 0 aromatic carbocycles. The average molecular weight is 312 g/mol. The molecule has 0 fully saturated rings. The van der Waals surface area contributed by atoms with Gasteiger partial charge in [-0.25, -0.2) is 9.59 Å². The molecule has 0 radical (unpaired) electrons. The molecule has 0 unspecified atom stereocenters. The lowest BCUT2D eigenvalue weighted by atomic mass is 9.99. The van der Waals surface area contributed by atoms with Crippen LogP contribution in [-0.2, 0) is 9.59 Å². The summed E-state index contributed by atoms with van der Waals surface area (Å²) in [6.07, 6.45) is 12.4. The van der Waals surface area contributed by atoms with Crippen molar-refractivity contribution in [3.05, 3.63) is 11.1 Å². The molecule has 4 nitrogen and oxygen atoms in total. The van der Waals surface area contributed by atoms with Crippen LogP contribution >= 0.6 is 0 Å². The SMILES string of the molecule is CCCCCCCCCCCCC(C(=O)O)=C(CC)C(=O)O. The van der Waals surface area contributed by atoms with Gasteiger partial charge in [0, 0.05) is 11.1 Å². The van der Waals surface area contributed by atoms with Gasteiger partial charge in [-0.1, -0.05) is 71.6 Å². The van der Waals surface area contributed by atoms with Crippen LogP contribution in [0, 0.1) is 0 Å². The van der Waals surface area contributed by atoms with Crippen LogP contribution in [-0.4, -0.2) is 22.2 Å². The quantitative estimate of drug-likeness (QED) is 0.342. The number of hydrogen-bond donors (Lipinski definition) is 2. The molecule has 0 bridgehead atoms. The fourth-order valence-electron chi connectivity index (χ4n) is 2.67. The second kappa shape index (κ2) is 13.4. The van der Waals surface area contributed by atoms with Gasteiger partial charge in [-0.05, 0) is 19.3 Å².